The Morgan fingerprint density at radius 3 is 2.82 bits per heavy atom. The fraction of sp³-hybridized carbons (Fsp3) is 0.875. The van der Waals surface area contributed by atoms with Gasteiger partial charge in [-0.05, 0) is 5.41 Å². The number of amides is 1. The van der Waals surface area contributed by atoms with Crippen LogP contribution in [0.3, 0.4) is 0 Å². The zero-order valence-electron chi connectivity index (χ0n) is 7.48. The molecule has 1 aliphatic heterocycles. The molecule has 0 spiro atoms. The van der Waals surface area contributed by atoms with Crippen molar-refractivity contribution in [1.82, 2.24) is 10.2 Å². The van der Waals surface area contributed by atoms with Gasteiger partial charge in [0.25, 0.3) is 0 Å². The van der Waals surface area contributed by atoms with Crippen molar-refractivity contribution < 1.29 is 4.79 Å². The summed E-state index contributed by atoms with van der Waals surface area (Å²) in [5.41, 5.74) is 0.209. The van der Waals surface area contributed by atoms with Gasteiger partial charge < -0.3 is 10.2 Å². The largest absolute Gasteiger partial charge is 0.344 e. The van der Waals surface area contributed by atoms with Crippen molar-refractivity contribution in [3.8, 4) is 0 Å². The lowest BCUT2D eigenvalue weighted by Gasteiger charge is -2.25. The number of likely N-dealkylation sites (N-methyl/N-ethyl adjacent to an activating group) is 1. The summed E-state index contributed by atoms with van der Waals surface area (Å²) in [6.45, 7) is 6.58. The predicted octanol–water partition coefficient (Wildman–Crippen LogP) is 0.0742. The second kappa shape index (κ2) is 2.81. The summed E-state index contributed by atoms with van der Waals surface area (Å²) in [4.78, 5) is 13.0. The van der Waals surface area contributed by atoms with Gasteiger partial charge in [-0.25, -0.2) is 0 Å². The van der Waals surface area contributed by atoms with Crippen LogP contribution in [0, 0.1) is 5.41 Å². The van der Waals surface area contributed by atoms with Gasteiger partial charge in [0.05, 0.1) is 6.54 Å². The van der Waals surface area contributed by atoms with E-state index in [1.807, 2.05) is 7.05 Å². The first-order valence-electron chi connectivity index (χ1n) is 3.96. The molecule has 1 heterocycles. The summed E-state index contributed by atoms with van der Waals surface area (Å²) >= 11 is 0. The van der Waals surface area contributed by atoms with Crippen molar-refractivity contribution in [2.75, 3.05) is 26.7 Å². The molecule has 1 fully saturated rings. The summed E-state index contributed by atoms with van der Waals surface area (Å²) in [7, 11) is 1.86. The molecule has 0 aliphatic carbocycles. The Labute approximate surface area is 67.8 Å². The van der Waals surface area contributed by atoms with Crippen LogP contribution >= 0.6 is 0 Å². The van der Waals surface area contributed by atoms with Gasteiger partial charge in [0.15, 0.2) is 0 Å². The van der Waals surface area contributed by atoms with E-state index in [0.29, 0.717) is 6.54 Å². The Hall–Kier alpha value is -0.570. The second-order valence-corrected chi connectivity index (χ2v) is 4.02. The number of nitrogens with one attached hydrogen (secondary N) is 1. The van der Waals surface area contributed by atoms with Crippen LogP contribution in [-0.2, 0) is 4.79 Å². The number of hydrogen-bond acceptors (Lipinski definition) is 2. The molecular weight excluding hydrogens is 140 g/mol. The summed E-state index contributed by atoms with van der Waals surface area (Å²) in [6.07, 6.45) is 0. The van der Waals surface area contributed by atoms with E-state index in [2.05, 4.69) is 19.2 Å². The molecule has 1 rings (SSSR count). The van der Waals surface area contributed by atoms with Crippen molar-refractivity contribution in [3.63, 3.8) is 0 Å². The maximum absolute atomic E-state index is 11.2. The maximum atomic E-state index is 11.2. The third kappa shape index (κ3) is 2.19. The van der Waals surface area contributed by atoms with Gasteiger partial charge in [-0.2, -0.15) is 0 Å². The van der Waals surface area contributed by atoms with Crippen LogP contribution in [-0.4, -0.2) is 37.5 Å². The van der Waals surface area contributed by atoms with Crippen LogP contribution in [0.15, 0.2) is 0 Å². The monoisotopic (exact) mass is 156 g/mol. The molecule has 0 atom stereocenters. The maximum Gasteiger partial charge on any atom is 0.236 e. The van der Waals surface area contributed by atoms with Crippen molar-refractivity contribution in [1.29, 1.82) is 0 Å². The summed E-state index contributed by atoms with van der Waals surface area (Å²) < 4.78 is 0. The smallest absolute Gasteiger partial charge is 0.236 e. The highest BCUT2D eigenvalue weighted by Crippen LogP contribution is 2.16. The van der Waals surface area contributed by atoms with Crippen molar-refractivity contribution in [2.24, 2.45) is 5.41 Å². The summed E-state index contributed by atoms with van der Waals surface area (Å²) in [6, 6.07) is 0. The fourth-order valence-electron chi connectivity index (χ4n) is 1.43. The Kier molecular flexibility index (Phi) is 2.18. The average molecular weight is 156 g/mol. The third-order valence-corrected chi connectivity index (χ3v) is 1.97. The molecule has 64 valence electrons. The Morgan fingerprint density at radius 1 is 1.55 bits per heavy atom. The van der Waals surface area contributed by atoms with Crippen LogP contribution < -0.4 is 5.32 Å². The van der Waals surface area contributed by atoms with Crippen LogP contribution in [0.4, 0.5) is 0 Å². The number of nitrogens with zero attached hydrogens (tertiary/aromatic N) is 1. The minimum atomic E-state index is 0.190. The van der Waals surface area contributed by atoms with Gasteiger partial charge in [-0.15, -0.1) is 0 Å². The Balaban J connectivity index is 2.63. The van der Waals surface area contributed by atoms with Gasteiger partial charge in [0, 0.05) is 20.1 Å². The first kappa shape index (κ1) is 8.53. The molecule has 1 amide bonds. The SMILES string of the molecule is CN1CC(C)(C)CNCC1=O. The molecule has 0 aromatic rings. The van der Waals surface area contributed by atoms with Gasteiger partial charge in [0.1, 0.15) is 0 Å². The number of hydrogen-bond donors (Lipinski definition) is 1. The lowest BCUT2D eigenvalue weighted by Crippen LogP contribution is -2.34. The molecule has 0 aromatic carbocycles. The fourth-order valence-corrected chi connectivity index (χ4v) is 1.43. The quantitative estimate of drug-likeness (QED) is 0.538. The van der Waals surface area contributed by atoms with Crippen LogP contribution in [0.25, 0.3) is 0 Å². The molecule has 1 saturated heterocycles. The molecule has 11 heavy (non-hydrogen) atoms. The zero-order chi connectivity index (χ0) is 8.48. The topological polar surface area (TPSA) is 32.3 Å². The number of rotatable bonds is 0. The predicted molar refractivity (Wildman–Crippen MR) is 44.3 cm³/mol. The molecular formula is C8H16N2O. The number of carbonyl (C=O) groups is 1. The second-order valence-electron chi connectivity index (χ2n) is 4.02. The molecule has 0 saturated carbocycles. The summed E-state index contributed by atoms with van der Waals surface area (Å²) in [5, 5.41) is 3.13. The van der Waals surface area contributed by atoms with Crippen molar-refractivity contribution in [2.45, 2.75) is 13.8 Å². The van der Waals surface area contributed by atoms with E-state index in [-0.39, 0.29) is 11.3 Å². The van der Waals surface area contributed by atoms with Gasteiger partial charge in [-0.1, -0.05) is 13.8 Å². The third-order valence-electron chi connectivity index (χ3n) is 1.97. The van der Waals surface area contributed by atoms with Crippen LogP contribution in [0.1, 0.15) is 13.8 Å². The van der Waals surface area contributed by atoms with E-state index in [9.17, 15) is 4.79 Å². The highest BCUT2D eigenvalue weighted by atomic mass is 16.2. The van der Waals surface area contributed by atoms with E-state index in [1.54, 1.807) is 4.90 Å². The van der Waals surface area contributed by atoms with Crippen LogP contribution in [0.5, 0.6) is 0 Å². The molecule has 0 bridgehead atoms. The molecule has 1 aliphatic rings. The molecule has 0 unspecified atom stereocenters. The van der Waals surface area contributed by atoms with E-state index in [0.717, 1.165) is 13.1 Å². The van der Waals surface area contributed by atoms with E-state index in [1.165, 1.54) is 0 Å². The molecule has 0 aromatic heterocycles. The van der Waals surface area contributed by atoms with Crippen LogP contribution in [0.2, 0.25) is 0 Å². The summed E-state index contributed by atoms with van der Waals surface area (Å²) in [5.74, 6) is 0.190. The van der Waals surface area contributed by atoms with E-state index < -0.39 is 0 Å². The lowest BCUT2D eigenvalue weighted by atomic mass is 9.93. The first-order chi connectivity index (χ1) is 5.01. The average Bonchev–Trinajstić information content (AvgIpc) is 1.93. The Bertz CT molecular complexity index is 165. The lowest BCUT2D eigenvalue weighted by molar-refractivity contribution is -0.128. The minimum Gasteiger partial charge on any atom is -0.344 e. The first-order valence-corrected chi connectivity index (χ1v) is 3.96. The Morgan fingerprint density at radius 2 is 2.18 bits per heavy atom. The number of carbonyl (C=O) groups excluding carboxylic acids is 1. The molecule has 1 N–H and O–H groups in total. The molecule has 3 heteroatoms. The van der Waals surface area contributed by atoms with E-state index in [4.69, 9.17) is 0 Å². The van der Waals surface area contributed by atoms with Gasteiger partial charge in [0.2, 0.25) is 5.91 Å². The van der Waals surface area contributed by atoms with Crippen molar-refractivity contribution >= 4 is 5.91 Å². The standard InChI is InChI=1S/C8H16N2O/c1-8(2)5-9-4-7(11)10(3)6-8/h9H,4-6H2,1-3H3. The minimum absolute atomic E-state index is 0.190. The highest BCUT2D eigenvalue weighted by Gasteiger charge is 2.25. The van der Waals surface area contributed by atoms with Gasteiger partial charge in [-0.3, -0.25) is 4.79 Å². The highest BCUT2D eigenvalue weighted by molar-refractivity contribution is 5.78. The van der Waals surface area contributed by atoms with E-state index >= 15 is 0 Å². The van der Waals surface area contributed by atoms with Crippen molar-refractivity contribution in [3.05, 3.63) is 0 Å². The zero-order valence-corrected chi connectivity index (χ0v) is 7.48. The molecule has 3 nitrogen and oxygen atoms in total. The molecule has 0 radical (unpaired) electrons. The van der Waals surface area contributed by atoms with Gasteiger partial charge >= 0.3 is 0 Å². The normalized spacial score (nSPS) is 25.0.